The van der Waals surface area contributed by atoms with Crippen molar-refractivity contribution in [3.63, 3.8) is 0 Å². The van der Waals surface area contributed by atoms with E-state index < -0.39 is 0 Å². The maximum Gasteiger partial charge on any atom is 0.308 e. The van der Waals surface area contributed by atoms with Crippen LogP contribution in [0, 0.1) is 12.8 Å². The highest BCUT2D eigenvalue weighted by Crippen LogP contribution is 2.27. The lowest BCUT2D eigenvalue weighted by Gasteiger charge is -2.28. The molecule has 0 heterocycles. The Morgan fingerprint density at radius 1 is 1.32 bits per heavy atom. The first kappa shape index (κ1) is 13.9. The summed E-state index contributed by atoms with van der Waals surface area (Å²) in [5, 5.41) is 3.56. The van der Waals surface area contributed by atoms with Crippen molar-refractivity contribution in [2.45, 2.75) is 45.6 Å². The van der Waals surface area contributed by atoms with Gasteiger partial charge in [-0.15, -0.1) is 0 Å². The van der Waals surface area contributed by atoms with Gasteiger partial charge in [0.05, 0.1) is 12.5 Å². The van der Waals surface area contributed by atoms with Gasteiger partial charge in [0.15, 0.2) is 0 Å². The molecule has 0 aromatic heterocycles. The molecule has 1 aliphatic rings. The quantitative estimate of drug-likeness (QED) is 0.843. The number of hydrogen-bond donors (Lipinski definition) is 1. The molecule has 0 bridgehead atoms. The standard InChI is InChI=1S/C16H23NO2/c1-3-19-16(18)13-7-9-14(10-8-13)17-15-6-4-5-12(2)11-15/h4-6,11,13-14,17H,3,7-10H2,1-2H3. The summed E-state index contributed by atoms with van der Waals surface area (Å²) >= 11 is 0. The first-order chi connectivity index (χ1) is 9.19. The van der Waals surface area contributed by atoms with Gasteiger partial charge in [-0.05, 0) is 57.2 Å². The molecule has 19 heavy (non-hydrogen) atoms. The molecular weight excluding hydrogens is 238 g/mol. The molecule has 0 amide bonds. The summed E-state index contributed by atoms with van der Waals surface area (Å²) in [5.41, 5.74) is 2.45. The number of anilines is 1. The molecule has 1 fully saturated rings. The van der Waals surface area contributed by atoms with E-state index in [1.54, 1.807) is 0 Å². The Labute approximate surface area is 115 Å². The lowest BCUT2D eigenvalue weighted by Crippen LogP contribution is -2.30. The van der Waals surface area contributed by atoms with Crippen LogP contribution in [0.4, 0.5) is 5.69 Å². The number of carbonyl (C=O) groups is 1. The predicted molar refractivity (Wildman–Crippen MR) is 77.2 cm³/mol. The largest absolute Gasteiger partial charge is 0.466 e. The summed E-state index contributed by atoms with van der Waals surface area (Å²) in [4.78, 5) is 11.7. The van der Waals surface area contributed by atoms with Crippen molar-refractivity contribution in [3.8, 4) is 0 Å². The first-order valence-corrected chi connectivity index (χ1v) is 7.19. The molecule has 3 heteroatoms. The fraction of sp³-hybridized carbons (Fsp3) is 0.562. The minimum Gasteiger partial charge on any atom is -0.466 e. The summed E-state index contributed by atoms with van der Waals surface area (Å²) in [6.07, 6.45) is 3.94. The van der Waals surface area contributed by atoms with E-state index in [0.29, 0.717) is 12.6 Å². The van der Waals surface area contributed by atoms with Crippen LogP contribution in [0.3, 0.4) is 0 Å². The van der Waals surface area contributed by atoms with Gasteiger partial charge in [-0.2, -0.15) is 0 Å². The second kappa shape index (κ2) is 6.60. The van der Waals surface area contributed by atoms with Crippen molar-refractivity contribution < 1.29 is 9.53 Å². The number of carbonyl (C=O) groups excluding carboxylic acids is 1. The predicted octanol–water partition coefficient (Wildman–Crippen LogP) is 3.53. The van der Waals surface area contributed by atoms with Crippen molar-refractivity contribution in [3.05, 3.63) is 29.8 Å². The van der Waals surface area contributed by atoms with Crippen LogP contribution >= 0.6 is 0 Å². The summed E-state index contributed by atoms with van der Waals surface area (Å²) < 4.78 is 5.09. The van der Waals surface area contributed by atoms with E-state index in [0.717, 1.165) is 25.7 Å². The Morgan fingerprint density at radius 3 is 2.68 bits per heavy atom. The second-order valence-corrected chi connectivity index (χ2v) is 5.31. The molecule has 0 atom stereocenters. The molecule has 3 nitrogen and oxygen atoms in total. The number of hydrogen-bond acceptors (Lipinski definition) is 3. The monoisotopic (exact) mass is 261 g/mol. The normalized spacial score (nSPS) is 22.8. The molecule has 2 rings (SSSR count). The van der Waals surface area contributed by atoms with Crippen molar-refractivity contribution in [1.82, 2.24) is 0 Å². The molecule has 0 radical (unpaired) electrons. The van der Waals surface area contributed by atoms with E-state index in [1.807, 2.05) is 6.92 Å². The lowest BCUT2D eigenvalue weighted by molar-refractivity contribution is -0.149. The molecule has 104 valence electrons. The number of ether oxygens (including phenoxy) is 1. The zero-order valence-electron chi connectivity index (χ0n) is 11.8. The number of benzene rings is 1. The van der Waals surface area contributed by atoms with Crippen molar-refractivity contribution in [1.29, 1.82) is 0 Å². The maximum absolute atomic E-state index is 11.7. The molecule has 1 aromatic rings. The van der Waals surface area contributed by atoms with Crippen LogP contribution in [0.15, 0.2) is 24.3 Å². The average molecular weight is 261 g/mol. The molecule has 0 saturated heterocycles. The first-order valence-electron chi connectivity index (χ1n) is 7.19. The maximum atomic E-state index is 11.7. The molecule has 1 saturated carbocycles. The fourth-order valence-corrected chi connectivity index (χ4v) is 2.70. The number of esters is 1. The average Bonchev–Trinajstić information content (AvgIpc) is 2.40. The van der Waals surface area contributed by atoms with Crippen molar-refractivity contribution in [2.75, 3.05) is 11.9 Å². The fourth-order valence-electron chi connectivity index (χ4n) is 2.70. The van der Waals surface area contributed by atoms with Crippen molar-refractivity contribution in [2.24, 2.45) is 5.92 Å². The molecular formula is C16H23NO2. The highest BCUT2D eigenvalue weighted by atomic mass is 16.5. The Bertz CT molecular complexity index is 423. The van der Waals surface area contributed by atoms with E-state index in [4.69, 9.17) is 4.74 Å². The van der Waals surface area contributed by atoms with Gasteiger partial charge < -0.3 is 10.1 Å². The van der Waals surface area contributed by atoms with Gasteiger partial charge >= 0.3 is 5.97 Å². The van der Waals surface area contributed by atoms with Gasteiger partial charge in [0, 0.05) is 11.7 Å². The zero-order valence-corrected chi connectivity index (χ0v) is 11.8. The molecule has 0 unspecified atom stereocenters. The van der Waals surface area contributed by atoms with E-state index in [-0.39, 0.29) is 11.9 Å². The van der Waals surface area contributed by atoms with Gasteiger partial charge in [0.1, 0.15) is 0 Å². The van der Waals surface area contributed by atoms with E-state index in [2.05, 4.69) is 36.5 Å². The minimum atomic E-state index is -0.0171. The van der Waals surface area contributed by atoms with Crippen LogP contribution in [0.25, 0.3) is 0 Å². The lowest BCUT2D eigenvalue weighted by atomic mass is 9.86. The minimum absolute atomic E-state index is 0.0171. The van der Waals surface area contributed by atoms with Crippen LogP contribution in [0.1, 0.15) is 38.2 Å². The molecule has 1 N–H and O–H groups in total. The van der Waals surface area contributed by atoms with Gasteiger partial charge in [-0.1, -0.05) is 12.1 Å². The second-order valence-electron chi connectivity index (χ2n) is 5.31. The Morgan fingerprint density at radius 2 is 2.05 bits per heavy atom. The summed E-state index contributed by atoms with van der Waals surface area (Å²) in [6, 6.07) is 8.92. The van der Waals surface area contributed by atoms with Gasteiger partial charge in [0.25, 0.3) is 0 Å². The molecule has 1 aliphatic carbocycles. The summed E-state index contributed by atoms with van der Waals surface area (Å²) in [6.45, 7) is 4.45. The van der Waals surface area contributed by atoms with Gasteiger partial charge in [0.2, 0.25) is 0 Å². The number of nitrogens with one attached hydrogen (secondary N) is 1. The van der Waals surface area contributed by atoms with E-state index in [1.165, 1.54) is 11.3 Å². The van der Waals surface area contributed by atoms with Gasteiger partial charge in [-0.3, -0.25) is 4.79 Å². The summed E-state index contributed by atoms with van der Waals surface area (Å²) in [7, 11) is 0. The van der Waals surface area contributed by atoms with Crippen LogP contribution in [0.2, 0.25) is 0 Å². The topological polar surface area (TPSA) is 38.3 Å². The number of aryl methyl sites for hydroxylation is 1. The zero-order chi connectivity index (χ0) is 13.7. The van der Waals surface area contributed by atoms with Gasteiger partial charge in [-0.25, -0.2) is 0 Å². The van der Waals surface area contributed by atoms with Crippen LogP contribution in [-0.2, 0) is 9.53 Å². The third-order valence-corrected chi connectivity index (χ3v) is 3.74. The molecule has 1 aromatic carbocycles. The highest BCUT2D eigenvalue weighted by molar-refractivity contribution is 5.72. The highest BCUT2D eigenvalue weighted by Gasteiger charge is 2.27. The summed E-state index contributed by atoms with van der Waals surface area (Å²) in [5.74, 6) is 0.0898. The molecule has 0 aliphatic heterocycles. The van der Waals surface area contributed by atoms with Crippen LogP contribution in [-0.4, -0.2) is 18.6 Å². The smallest absolute Gasteiger partial charge is 0.308 e. The Kier molecular flexibility index (Phi) is 4.83. The van der Waals surface area contributed by atoms with Crippen molar-refractivity contribution >= 4 is 11.7 Å². The third-order valence-electron chi connectivity index (χ3n) is 3.74. The van der Waals surface area contributed by atoms with Crippen LogP contribution in [0.5, 0.6) is 0 Å². The number of rotatable bonds is 4. The Balaban J connectivity index is 1.82. The third kappa shape index (κ3) is 3.98. The van der Waals surface area contributed by atoms with E-state index >= 15 is 0 Å². The van der Waals surface area contributed by atoms with Crippen LogP contribution < -0.4 is 5.32 Å². The Hall–Kier alpha value is -1.51. The molecule has 0 spiro atoms. The van der Waals surface area contributed by atoms with E-state index in [9.17, 15) is 4.79 Å². The SMILES string of the molecule is CCOC(=O)C1CCC(Nc2cccc(C)c2)CC1.